The van der Waals surface area contributed by atoms with E-state index in [0.29, 0.717) is 18.5 Å². The fourth-order valence-electron chi connectivity index (χ4n) is 2.53. The monoisotopic (exact) mass is 278 g/mol. The maximum absolute atomic E-state index is 12.2. The molecule has 0 unspecified atom stereocenters. The lowest BCUT2D eigenvalue weighted by Crippen LogP contribution is -2.29. The predicted molar refractivity (Wildman–Crippen MR) is 78.8 cm³/mol. The van der Waals surface area contributed by atoms with E-state index < -0.39 is 0 Å². The molecule has 2 aromatic rings. The first-order chi connectivity index (χ1) is 10.3. The van der Waals surface area contributed by atoms with Crippen molar-refractivity contribution in [1.82, 2.24) is 0 Å². The minimum absolute atomic E-state index is 0.253. The zero-order valence-electron chi connectivity index (χ0n) is 11.5. The van der Waals surface area contributed by atoms with Gasteiger partial charge in [0.05, 0.1) is 17.3 Å². The van der Waals surface area contributed by atoms with Crippen LogP contribution in [0.4, 0.5) is 10.5 Å². The number of anilines is 1. The van der Waals surface area contributed by atoms with E-state index in [4.69, 9.17) is 10.00 Å². The summed E-state index contributed by atoms with van der Waals surface area (Å²) < 4.78 is 5.35. The Morgan fingerprint density at radius 2 is 2.00 bits per heavy atom. The molecule has 0 atom stereocenters. The van der Waals surface area contributed by atoms with Gasteiger partial charge in [-0.1, -0.05) is 36.4 Å². The Kier molecular flexibility index (Phi) is 3.57. The fourth-order valence-corrected chi connectivity index (χ4v) is 2.53. The Morgan fingerprint density at radius 1 is 1.19 bits per heavy atom. The molecule has 1 aliphatic rings. The van der Waals surface area contributed by atoms with Gasteiger partial charge in [0.1, 0.15) is 6.61 Å². The highest BCUT2D eigenvalue weighted by molar-refractivity contribution is 5.91. The Labute approximate surface area is 123 Å². The highest BCUT2D eigenvalue weighted by atomic mass is 16.6. The smallest absolute Gasteiger partial charge is 0.414 e. The van der Waals surface area contributed by atoms with Gasteiger partial charge in [-0.15, -0.1) is 0 Å². The van der Waals surface area contributed by atoms with Gasteiger partial charge in [0.2, 0.25) is 0 Å². The van der Waals surface area contributed by atoms with Gasteiger partial charge in [0, 0.05) is 6.54 Å². The van der Waals surface area contributed by atoms with E-state index in [1.807, 2.05) is 36.4 Å². The Bertz CT molecular complexity index is 704. The van der Waals surface area contributed by atoms with Gasteiger partial charge in [-0.05, 0) is 29.7 Å². The molecule has 3 rings (SSSR count). The summed E-state index contributed by atoms with van der Waals surface area (Å²) in [7, 11) is 0. The van der Waals surface area contributed by atoms with Crippen LogP contribution in [-0.2, 0) is 17.8 Å². The van der Waals surface area contributed by atoms with Crippen LogP contribution < -0.4 is 4.90 Å². The van der Waals surface area contributed by atoms with Crippen molar-refractivity contribution in [3.63, 3.8) is 0 Å². The zero-order valence-corrected chi connectivity index (χ0v) is 11.5. The Morgan fingerprint density at radius 3 is 2.76 bits per heavy atom. The van der Waals surface area contributed by atoms with Crippen LogP contribution in [0.1, 0.15) is 16.7 Å². The summed E-state index contributed by atoms with van der Waals surface area (Å²) in [5.74, 6) is 0. The number of benzene rings is 2. The van der Waals surface area contributed by atoms with Crippen molar-refractivity contribution < 1.29 is 9.53 Å². The number of amides is 1. The predicted octanol–water partition coefficient (Wildman–Crippen LogP) is 3.26. The average Bonchev–Trinajstić information content (AvgIpc) is 2.97. The molecule has 104 valence electrons. The topological polar surface area (TPSA) is 53.3 Å². The van der Waals surface area contributed by atoms with Crippen LogP contribution in [0.3, 0.4) is 0 Å². The molecule has 4 nitrogen and oxygen atoms in total. The van der Waals surface area contributed by atoms with Crippen LogP contribution >= 0.6 is 0 Å². The highest BCUT2D eigenvalue weighted by Gasteiger charge is 2.27. The number of nitriles is 1. The van der Waals surface area contributed by atoms with Crippen molar-refractivity contribution in [3.05, 3.63) is 65.2 Å². The molecule has 1 heterocycles. The number of fused-ring (bicyclic) bond motifs is 1. The standard InChI is InChI=1S/C17H14N2O2/c18-11-14-7-4-8-16-15(14)9-10-19(16)17(20)21-12-13-5-2-1-3-6-13/h1-8H,9-10,12H2. The molecule has 1 aliphatic heterocycles. The lowest BCUT2D eigenvalue weighted by atomic mass is 10.1. The SMILES string of the molecule is N#Cc1cccc2c1CCN2C(=O)OCc1ccccc1. The van der Waals surface area contributed by atoms with Gasteiger partial charge >= 0.3 is 6.09 Å². The van der Waals surface area contributed by atoms with Gasteiger partial charge in [0.15, 0.2) is 0 Å². The first kappa shape index (κ1) is 13.2. The quantitative estimate of drug-likeness (QED) is 0.847. The number of rotatable bonds is 2. The van der Waals surface area contributed by atoms with Crippen LogP contribution in [0.15, 0.2) is 48.5 Å². The molecule has 4 heteroatoms. The highest BCUT2D eigenvalue weighted by Crippen LogP contribution is 2.30. The van der Waals surface area contributed by atoms with E-state index in [0.717, 1.165) is 16.8 Å². The Balaban J connectivity index is 1.73. The molecule has 0 radical (unpaired) electrons. The third-order valence-electron chi connectivity index (χ3n) is 3.57. The van der Waals surface area contributed by atoms with Crippen LogP contribution in [-0.4, -0.2) is 12.6 Å². The first-order valence-corrected chi connectivity index (χ1v) is 6.80. The fraction of sp³-hybridized carbons (Fsp3) is 0.176. The van der Waals surface area contributed by atoms with Crippen molar-refractivity contribution in [3.8, 4) is 6.07 Å². The van der Waals surface area contributed by atoms with Gasteiger partial charge in [-0.2, -0.15) is 5.26 Å². The number of carbonyl (C=O) groups excluding carboxylic acids is 1. The number of ether oxygens (including phenoxy) is 1. The van der Waals surface area contributed by atoms with Crippen LogP contribution in [0.5, 0.6) is 0 Å². The summed E-state index contributed by atoms with van der Waals surface area (Å²) in [6.45, 7) is 0.811. The second-order valence-corrected chi connectivity index (χ2v) is 4.86. The minimum atomic E-state index is -0.368. The Hall–Kier alpha value is -2.80. The van der Waals surface area contributed by atoms with Crippen LogP contribution in [0, 0.1) is 11.3 Å². The molecule has 0 aromatic heterocycles. The van der Waals surface area contributed by atoms with Crippen molar-refractivity contribution >= 4 is 11.8 Å². The van der Waals surface area contributed by atoms with Gasteiger partial charge in [-0.3, -0.25) is 4.90 Å². The van der Waals surface area contributed by atoms with Crippen molar-refractivity contribution in [2.24, 2.45) is 0 Å². The van der Waals surface area contributed by atoms with E-state index in [2.05, 4.69) is 6.07 Å². The van der Waals surface area contributed by atoms with E-state index in [9.17, 15) is 4.79 Å². The summed E-state index contributed by atoms with van der Waals surface area (Å²) >= 11 is 0. The van der Waals surface area contributed by atoms with Crippen LogP contribution in [0.25, 0.3) is 0 Å². The molecule has 0 spiro atoms. The third kappa shape index (κ3) is 2.59. The minimum Gasteiger partial charge on any atom is -0.444 e. The first-order valence-electron chi connectivity index (χ1n) is 6.80. The lowest BCUT2D eigenvalue weighted by molar-refractivity contribution is 0.147. The van der Waals surface area contributed by atoms with E-state index >= 15 is 0 Å². The molecule has 0 bridgehead atoms. The van der Waals surface area contributed by atoms with E-state index in [1.165, 1.54) is 0 Å². The van der Waals surface area contributed by atoms with Gasteiger partial charge in [-0.25, -0.2) is 4.79 Å². The molecule has 1 amide bonds. The van der Waals surface area contributed by atoms with Crippen LogP contribution in [0.2, 0.25) is 0 Å². The van der Waals surface area contributed by atoms with Gasteiger partial charge in [0.25, 0.3) is 0 Å². The van der Waals surface area contributed by atoms with E-state index in [-0.39, 0.29) is 12.7 Å². The normalized spacial score (nSPS) is 12.6. The number of carbonyl (C=O) groups is 1. The van der Waals surface area contributed by atoms with Gasteiger partial charge < -0.3 is 4.74 Å². The molecule has 0 aliphatic carbocycles. The molecule has 0 saturated carbocycles. The summed E-state index contributed by atoms with van der Waals surface area (Å²) in [6.07, 6.45) is 0.326. The molecular weight excluding hydrogens is 264 g/mol. The molecule has 0 saturated heterocycles. The number of hydrogen-bond acceptors (Lipinski definition) is 3. The summed E-state index contributed by atoms with van der Waals surface area (Å²) in [6, 6.07) is 17.2. The maximum atomic E-state index is 12.2. The second kappa shape index (κ2) is 5.68. The average molecular weight is 278 g/mol. The summed E-state index contributed by atoms with van der Waals surface area (Å²) in [5, 5.41) is 9.09. The molecule has 21 heavy (non-hydrogen) atoms. The second-order valence-electron chi connectivity index (χ2n) is 4.86. The largest absolute Gasteiger partial charge is 0.444 e. The van der Waals surface area contributed by atoms with Crippen molar-refractivity contribution in [2.45, 2.75) is 13.0 Å². The summed E-state index contributed by atoms with van der Waals surface area (Å²) in [5.41, 5.74) is 3.30. The summed E-state index contributed by atoms with van der Waals surface area (Å²) in [4.78, 5) is 13.8. The van der Waals surface area contributed by atoms with Crippen molar-refractivity contribution in [2.75, 3.05) is 11.4 Å². The molecule has 0 fully saturated rings. The molecular formula is C17H14N2O2. The number of hydrogen-bond donors (Lipinski definition) is 0. The molecule has 2 aromatic carbocycles. The number of nitrogens with zero attached hydrogens (tertiary/aromatic N) is 2. The zero-order chi connectivity index (χ0) is 14.7. The maximum Gasteiger partial charge on any atom is 0.414 e. The molecule has 0 N–H and O–H groups in total. The lowest BCUT2D eigenvalue weighted by Gasteiger charge is -2.17. The van der Waals surface area contributed by atoms with Crippen molar-refractivity contribution in [1.29, 1.82) is 5.26 Å². The third-order valence-corrected chi connectivity index (χ3v) is 3.57. The van der Waals surface area contributed by atoms with E-state index in [1.54, 1.807) is 17.0 Å².